The first-order valence-corrected chi connectivity index (χ1v) is 8.47. The molecular weight excluding hydrogens is 467 g/mol. The second-order valence-corrected chi connectivity index (χ2v) is 5.82. The van der Waals surface area contributed by atoms with Gasteiger partial charge in [0.1, 0.15) is 11.6 Å². The molecule has 1 aliphatic heterocycles. The zero-order valence-corrected chi connectivity index (χ0v) is 17.3. The van der Waals surface area contributed by atoms with Gasteiger partial charge in [0.25, 0.3) is 0 Å². The van der Waals surface area contributed by atoms with Gasteiger partial charge < -0.3 is 20.1 Å². The molecule has 2 aromatic rings. The highest BCUT2D eigenvalue weighted by Gasteiger charge is 2.11. The topological polar surface area (TPSA) is 54.9 Å². The van der Waals surface area contributed by atoms with Crippen LogP contribution >= 0.6 is 24.0 Å². The molecule has 2 aromatic carbocycles. The van der Waals surface area contributed by atoms with Crippen LogP contribution in [-0.4, -0.2) is 32.8 Å². The van der Waals surface area contributed by atoms with Crippen molar-refractivity contribution in [3.63, 3.8) is 0 Å². The minimum absolute atomic E-state index is 0. The molecule has 1 aliphatic rings. The third-order valence-corrected chi connectivity index (χ3v) is 3.94. The van der Waals surface area contributed by atoms with Gasteiger partial charge in [0.15, 0.2) is 17.5 Å². The highest BCUT2D eigenvalue weighted by molar-refractivity contribution is 14.0. The minimum atomic E-state index is -0.578. The third kappa shape index (κ3) is 5.95. The van der Waals surface area contributed by atoms with Crippen LogP contribution in [0.15, 0.2) is 41.4 Å². The van der Waals surface area contributed by atoms with E-state index in [-0.39, 0.29) is 24.0 Å². The summed E-state index contributed by atoms with van der Waals surface area (Å²) in [7, 11) is 1.65. The van der Waals surface area contributed by atoms with Gasteiger partial charge in [0, 0.05) is 37.8 Å². The zero-order chi connectivity index (χ0) is 18.4. The number of hydrogen-bond acceptors (Lipinski definition) is 3. The first kappa shape index (κ1) is 21.2. The van der Waals surface area contributed by atoms with E-state index in [2.05, 4.69) is 15.6 Å². The number of fused-ring (bicyclic) bond motifs is 1. The summed E-state index contributed by atoms with van der Waals surface area (Å²) < 4.78 is 37.9. The van der Waals surface area contributed by atoms with Crippen molar-refractivity contribution < 1.29 is 18.3 Å². The average Bonchev–Trinajstić information content (AvgIpc) is 2.87. The lowest BCUT2D eigenvalue weighted by atomic mass is 10.1. The Morgan fingerprint density at radius 1 is 1.07 bits per heavy atom. The van der Waals surface area contributed by atoms with E-state index in [1.54, 1.807) is 7.05 Å². The Bertz CT molecular complexity index is 803. The van der Waals surface area contributed by atoms with E-state index >= 15 is 0 Å². The van der Waals surface area contributed by atoms with Crippen LogP contribution in [0.25, 0.3) is 0 Å². The predicted molar refractivity (Wildman–Crippen MR) is 113 cm³/mol. The molecule has 0 radical (unpaired) electrons. The summed E-state index contributed by atoms with van der Waals surface area (Å²) >= 11 is 0. The van der Waals surface area contributed by atoms with Crippen LogP contribution in [0.2, 0.25) is 0 Å². The van der Waals surface area contributed by atoms with E-state index in [9.17, 15) is 8.78 Å². The molecule has 146 valence electrons. The second kappa shape index (κ2) is 10.3. The number of rotatable bonds is 4. The normalized spacial score (nSPS) is 13.4. The van der Waals surface area contributed by atoms with E-state index in [1.165, 1.54) is 12.1 Å². The van der Waals surface area contributed by atoms with Crippen LogP contribution in [0, 0.1) is 11.6 Å². The fraction of sp³-hybridized carbons (Fsp3) is 0.316. The summed E-state index contributed by atoms with van der Waals surface area (Å²) in [5.41, 5.74) is 1.25. The molecule has 3 rings (SSSR count). The highest BCUT2D eigenvalue weighted by atomic mass is 127. The summed E-state index contributed by atoms with van der Waals surface area (Å²) in [4.78, 5) is 4.15. The van der Waals surface area contributed by atoms with E-state index < -0.39 is 11.6 Å². The average molecular weight is 489 g/mol. The lowest BCUT2D eigenvalue weighted by Gasteiger charge is -2.14. The molecule has 0 atom stereocenters. The quantitative estimate of drug-likeness (QED) is 0.388. The lowest BCUT2D eigenvalue weighted by Crippen LogP contribution is -2.32. The number of ether oxygens (including phenoxy) is 2. The molecule has 0 unspecified atom stereocenters. The van der Waals surface area contributed by atoms with Crippen molar-refractivity contribution in [2.75, 3.05) is 32.1 Å². The number of aliphatic imine (C=N–C) groups is 1. The predicted octanol–water partition coefficient (Wildman–Crippen LogP) is 3.97. The number of nitrogens with one attached hydrogen (secondary N) is 2. The number of halogens is 3. The van der Waals surface area contributed by atoms with Gasteiger partial charge in [-0.25, -0.2) is 8.78 Å². The first-order valence-electron chi connectivity index (χ1n) is 8.47. The molecule has 0 fully saturated rings. The largest absolute Gasteiger partial charge is 0.490 e. The lowest BCUT2D eigenvalue weighted by molar-refractivity contribution is 0.297. The smallest absolute Gasteiger partial charge is 0.195 e. The van der Waals surface area contributed by atoms with Crippen molar-refractivity contribution >= 4 is 35.6 Å². The second-order valence-electron chi connectivity index (χ2n) is 5.82. The molecule has 0 saturated heterocycles. The maximum Gasteiger partial charge on any atom is 0.195 e. The molecule has 0 bridgehead atoms. The monoisotopic (exact) mass is 489 g/mol. The molecule has 5 nitrogen and oxygen atoms in total. The summed E-state index contributed by atoms with van der Waals surface area (Å²) in [6.07, 6.45) is 1.26. The highest BCUT2D eigenvalue weighted by Crippen LogP contribution is 2.32. The maximum absolute atomic E-state index is 13.7. The van der Waals surface area contributed by atoms with Gasteiger partial charge in [0.2, 0.25) is 0 Å². The van der Waals surface area contributed by atoms with E-state index in [4.69, 9.17) is 9.47 Å². The van der Waals surface area contributed by atoms with Crippen molar-refractivity contribution in [3.05, 3.63) is 53.6 Å². The number of guanidine groups is 1. The molecule has 0 spiro atoms. The van der Waals surface area contributed by atoms with Gasteiger partial charge in [-0.05, 0) is 30.2 Å². The minimum Gasteiger partial charge on any atom is -0.490 e. The number of hydrogen-bond donors (Lipinski definition) is 2. The van der Waals surface area contributed by atoms with Crippen molar-refractivity contribution in [2.45, 2.75) is 12.8 Å². The van der Waals surface area contributed by atoms with Gasteiger partial charge in [-0.2, -0.15) is 0 Å². The Morgan fingerprint density at radius 2 is 1.85 bits per heavy atom. The number of anilines is 1. The fourth-order valence-corrected chi connectivity index (χ4v) is 2.60. The molecule has 8 heteroatoms. The molecule has 0 aromatic heterocycles. The Hall–Kier alpha value is -2.10. The molecule has 27 heavy (non-hydrogen) atoms. The van der Waals surface area contributed by atoms with Crippen molar-refractivity contribution in [2.24, 2.45) is 4.99 Å². The van der Waals surface area contributed by atoms with Gasteiger partial charge in [-0.3, -0.25) is 4.99 Å². The molecule has 0 amide bonds. The van der Waals surface area contributed by atoms with Crippen molar-refractivity contribution in [3.8, 4) is 11.5 Å². The summed E-state index contributed by atoms with van der Waals surface area (Å²) in [5.74, 6) is 0.838. The zero-order valence-electron chi connectivity index (χ0n) is 14.9. The Kier molecular flexibility index (Phi) is 8.08. The maximum atomic E-state index is 13.7. The first-order chi connectivity index (χ1) is 12.7. The van der Waals surface area contributed by atoms with Crippen LogP contribution in [-0.2, 0) is 6.42 Å². The molecule has 0 aliphatic carbocycles. The van der Waals surface area contributed by atoms with Crippen LogP contribution in [0.4, 0.5) is 14.5 Å². The molecule has 1 heterocycles. The molecule has 2 N–H and O–H groups in total. The van der Waals surface area contributed by atoms with E-state index in [0.29, 0.717) is 43.5 Å². The molecule has 0 saturated carbocycles. The van der Waals surface area contributed by atoms with Crippen LogP contribution < -0.4 is 20.1 Å². The summed E-state index contributed by atoms with van der Waals surface area (Å²) in [5, 5.41) is 6.27. The number of benzene rings is 2. The fourth-order valence-electron chi connectivity index (χ4n) is 2.60. The number of nitrogens with zero attached hydrogens (tertiary/aromatic N) is 1. The van der Waals surface area contributed by atoms with Gasteiger partial charge >= 0.3 is 0 Å². The summed E-state index contributed by atoms with van der Waals surface area (Å²) in [6, 6.07) is 9.17. The van der Waals surface area contributed by atoms with Crippen LogP contribution in [0.5, 0.6) is 11.5 Å². The van der Waals surface area contributed by atoms with Crippen molar-refractivity contribution in [1.29, 1.82) is 0 Å². The van der Waals surface area contributed by atoms with Gasteiger partial charge in [-0.1, -0.05) is 6.07 Å². The third-order valence-electron chi connectivity index (χ3n) is 3.94. The SMILES string of the molecule is CN=C(NCCc1ccc(F)cc1F)Nc1ccc2c(c1)OCCCO2.I. The van der Waals surface area contributed by atoms with Gasteiger partial charge in [0.05, 0.1) is 13.2 Å². The Labute approximate surface area is 174 Å². The van der Waals surface area contributed by atoms with Crippen LogP contribution in [0.3, 0.4) is 0 Å². The van der Waals surface area contributed by atoms with E-state index in [0.717, 1.165) is 23.9 Å². The standard InChI is InChI=1S/C19H21F2N3O2.HI/c1-22-19(23-8-7-13-3-4-14(20)11-16(13)21)24-15-5-6-17-18(12-15)26-10-2-9-25-17;/h3-6,11-12H,2,7-10H2,1H3,(H2,22,23,24);1H. The molecular formula is C19H22F2IN3O2. The Morgan fingerprint density at radius 3 is 2.59 bits per heavy atom. The van der Waals surface area contributed by atoms with Gasteiger partial charge in [-0.15, -0.1) is 24.0 Å². The van der Waals surface area contributed by atoms with Crippen LogP contribution in [0.1, 0.15) is 12.0 Å². The van der Waals surface area contributed by atoms with Crippen molar-refractivity contribution in [1.82, 2.24) is 5.32 Å². The summed E-state index contributed by atoms with van der Waals surface area (Å²) in [6.45, 7) is 1.71. The Balaban J connectivity index is 0.00000261. The van der Waals surface area contributed by atoms with E-state index in [1.807, 2.05) is 18.2 Å².